The molecule has 0 amide bonds. The molecule has 0 radical (unpaired) electrons. The normalized spacial score (nSPS) is 14.2. The molecule has 2 aromatic heterocycles. The van der Waals surface area contributed by atoms with Crippen molar-refractivity contribution in [3.63, 3.8) is 0 Å². The molecule has 0 fully saturated rings. The van der Waals surface area contributed by atoms with Crippen LogP contribution in [-0.2, 0) is 5.41 Å². The molecule has 8 rings (SSSR count). The number of aromatic hydroxyl groups is 1. The average Bonchev–Trinajstić information content (AvgIpc) is 3.69. The number of rotatable bonds is 11. The van der Waals surface area contributed by atoms with Gasteiger partial charge in [-0.25, -0.2) is 4.98 Å². The number of fused-ring (bicyclic) bond motifs is 1. The number of hydrogen-bond acceptors (Lipinski definition) is 3. The monoisotopic (exact) mass is 878 g/mol. The van der Waals surface area contributed by atoms with E-state index in [4.69, 9.17) is 15.5 Å². The molecule has 66 heavy (non-hydrogen) atoms. The van der Waals surface area contributed by atoms with E-state index in [1.807, 2.05) is 119 Å². The molecule has 0 aliphatic rings. The Morgan fingerprint density at radius 3 is 1.86 bits per heavy atom. The molecule has 1 N–H and O–H groups in total. The average molecular weight is 878 g/mol. The summed E-state index contributed by atoms with van der Waals surface area (Å²) in [7, 11) is 0. The summed E-state index contributed by atoms with van der Waals surface area (Å²) in [4.78, 5) is 10.4. The lowest BCUT2D eigenvalue weighted by Crippen LogP contribution is -2.11. The van der Waals surface area contributed by atoms with Crippen LogP contribution in [0.15, 0.2) is 128 Å². The van der Waals surface area contributed by atoms with E-state index in [0.717, 1.165) is 55.8 Å². The summed E-state index contributed by atoms with van der Waals surface area (Å²) in [6, 6.07) is 40.0. The highest BCUT2D eigenvalue weighted by Gasteiger charge is 2.26. The highest BCUT2D eigenvalue weighted by molar-refractivity contribution is 5.97. The van der Waals surface area contributed by atoms with E-state index in [0.29, 0.717) is 50.4 Å². The number of hydrogen-bond donors (Lipinski definition) is 1. The van der Waals surface area contributed by atoms with Gasteiger partial charge in [0, 0.05) is 25.5 Å². The van der Waals surface area contributed by atoms with Gasteiger partial charge in [-0.15, -0.1) is 0 Å². The first-order valence-electron chi connectivity index (χ1n) is 26.3. The zero-order valence-electron chi connectivity index (χ0n) is 47.1. The molecule has 0 aliphatic heterocycles. The lowest BCUT2D eigenvalue weighted by molar-refractivity contribution is 0.466. The van der Waals surface area contributed by atoms with Gasteiger partial charge in [-0.3, -0.25) is 9.55 Å². The summed E-state index contributed by atoms with van der Waals surface area (Å²) in [6.45, 7) is 23.3. The number of phenolic OH excluding ortho intramolecular Hbond substituents is 1. The van der Waals surface area contributed by atoms with Crippen molar-refractivity contribution in [1.82, 2.24) is 14.5 Å². The summed E-state index contributed by atoms with van der Waals surface area (Å²) in [6.07, 6.45) is 1.84. The second kappa shape index (κ2) is 18.2. The summed E-state index contributed by atoms with van der Waals surface area (Å²) in [5, 5.41) is 12.4. The van der Waals surface area contributed by atoms with E-state index < -0.39 is 24.5 Å². The Bertz CT molecular complexity index is 3300. The summed E-state index contributed by atoms with van der Waals surface area (Å²) in [5.74, 6) is -2.23. The number of para-hydroxylation sites is 1. The van der Waals surface area contributed by atoms with Gasteiger partial charge in [-0.1, -0.05) is 163 Å². The molecule has 0 atom stereocenters. The Balaban J connectivity index is 1.43. The number of phenols is 1. The second-order valence-corrected chi connectivity index (χ2v) is 20.3. The molecule has 0 unspecified atom stereocenters. The number of benzene rings is 6. The first kappa shape index (κ1) is 39.0. The largest absolute Gasteiger partial charge is 0.507 e. The van der Waals surface area contributed by atoms with Crippen LogP contribution in [0, 0.1) is 6.85 Å². The smallest absolute Gasteiger partial charge is 0.149 e. The molecule has 0 spiro atoms. The number of aryl methyl sites for hydroxylation is 1. The van der Waals surface area contributed by atoms with E-state index >= 15 is 0 Å². The van der Waals surface area contributed by atoms with Gasteiger partial charge in [0.25, 0.3) is 0 Å². The van der Waals surface area contributed by atoms with Crippen molar-refractivity contribution < 1.29 is 13.3 Å². The van der Waals surface area contributed by atoms with Gasteiger partial charge in [0.15, 0.2) is 0 Å². The van der Waals surface area contributed by atoms with Crippen molar-refractivity contribution in [1.29, 1.82) is 0 Å². The Morgan fingerprint density at radius 2 is 1.24 bits per heavy atom. The predicted molar refractivity (Wildman–Crippen MR) is 282 cm³/mol. The summed E-state index contributed by atoms with van der Waals surface area (Å²) < 4.78 is 56.3. The third kappa shape index (κ3) is 8.87. The Hall–Kier alpha value is -6.26. The van der Waals surface area contributed by atoms with Crippen LogP contribution in [0.5, 0.6) is 5.75 Å². The maximum Gasteiger partial charge on any atom is 0.149 e. The lowest BCUT2D eigenvalue weighted by atomic mass is 9.83. The maximum absolute atomic E-state index is 12.4. The maximum atomic E-state index is 12.4. The van der Waals surface area contributed by atoms with Crippen LogP contribution < -0.4 is 0 Å². The van der Waals surface area contributed by atoms with Gasteiger partial charge in [-0.05, 0) is 157 Å². The third-order valence-corrected chi connectivity index (χ3v) is 13.0. The molecule has 0 saturated carbocycles. The van der Waals surface area contributed by atoms with E-state index in [9.17, 15) is 7.85 Å². The van der Waals surface area contributed by atoms with Crippen LogP contribution in [0.3, 0.4) is 0 Å². The molecule has 4 nitrogen and oxygen atoms in total. The standard InChI is InChI=1S/C62H69N3O/c1-36(2)42-21-23-43(24-22-42)44-27-28-63-55(35-44)48-30-47(31-49(32-48)62(12,13)14)52-19-16-20-57-59(52)64-61(54-34-46(37(3)4)33-53(40(9)10)60(54)66)65(57)56-26-25-45(29-41(56)11)58-50(38(5)6)17-15-18-51(58)39(7)8/h15-40,66H,1-14H3/i11D3,36D,38D,39D. The van der Waals surface area contributed by atoms with Crippen molar-refractivity contribution >= 4 is 11.0 Å². The van der Waals surface area contributed by atoms with Gasteiger partial charge >= 0.3 is 0 Å². The molecule has 0 bridgehead atoms. The quantitative estimate of drug-likeness (QED) is 0.141. The van der Waals surface area contributed by atoms with E-state index in [2.05, 4.69) is 97.0 Å². The molecule has 6 aromatic carbocycles. The molecule has 338 valence electrons. The molecular weight excluding hydrogens is 803 g/mol. The van der Waals surface area contributed by atoms with E-state index in [1.165, 1.54) is 0 Å². The molecule has 8 aromatic rings. The van der Waals surface area contributed by atoms with E-state index in [-0.39, 0.29) is 28.6 Å². The molecule has 0 aliphatic carbocycles. The van der Waals surface area contributed by atoms with Crippen LogP contribution in [0.2, 0.25) is 0 Å². The van der Waals surface area contributed by atoms with Gasteiger partial charge in [0.2, 0.25) is 0 Å². The number of pyridine rings is 1. The minimum absolute atomic E-state index is 0.0229. The fourth-order valence-corrected chi connectivity index (χ4v) is 9.09. The van der Waals surface area contributed by atoms with E-state index in [1.54, 1.807) is 6.07 Å². The Labute approximate surface area is 403 Å². The molecule has 4 heteroatoms. The van der Waals surface area contributed by atoms with Crippen LogP contribution in [0.4, 0.5) is 0 Å². The van der Waals surface area contributed by atoms with Crippen molar-refractivity contribution in [3.8, 4) is 67.5 Å². The number of aromatic nitrogens is 3. The van der Waals surface area contributed by atoms with Crippen LogP contribution in [-0.4, -0.2) is 19.6 Å². The summed E-state index contributed by atoms with van der Waals surface area (Å²) in [5.41, 5.74) is 14.0. The van der Waals surface area contributed by atoms with Gasteiger partial charge < -0.3 is 5.11 Å². The van der Waals surface area contributed by atoms with Crippen molar-refractivity contribution in [2.75, 3.05) is 0 Å². The van der Waals surface area contributed by atoms with Gasteiger partial charge in [0.05, 0.1) is 28.0 Å². The minimum atomic E-state index is -2.62. The highest BCUT2D eigenvalue weighted by Crippen LogP contribution is 2.45. The van der Waals surface area contributed by atoms with Gasteiger partial charge in [-0.2, -0.15) is 0 Å². The van der Waals surface area contributed by atoms with Gasteiger partial charge in [0.1, 0.15) is 11.6 Å². The third-order valence-electron chi connectivity index (χ3n) is 13.0. The zero-order chi connectivity index (χ0) is 52.6. The minimum Gasteiger partial charge on any atom is -0.507 e. The zero-order valence-corrected chi connectivity index (χ0v) is 41.1. The number of imidazole rings is 1. The van der Waals surface area contributed by atoms with Crippen molar-refractivity contribution in [2.24, 2.45) is 0 Å². The lowest BCUT2D eigenvalue weighted by Gasteiger charge is -2.22. The first-order chi connectivity index (χ1) is 33.4. The van der Waals surface area contributed by atoms with Crippen LogP contribution >= 0.6 is 0 Å². The SMILES string of the molecule is [2H]C([2H])([2H])c1cc(-c2c(C([2H])(C)C)cccc2C([2H])(C)C)ccc1-n1c(-c2cc(C(C)C)cc(C(C)C)c2O)nc2c(-c3cc(-c4cc(-c5ccc(C([2H])(C)C)cc5)ccn4)cc(C(C)(C)C)c3)cccc21. The fraction of sp³-hybridized carbons (Fsp3) is 0.323. The molecule has 0 saturated heterocycles. The first-order valence-corrected chi connectivity index (χ1v) is 23.3. The number of nitrogens with zero attached hydrogens (tertiary/aromatic N) is 3. The second-order valence-electron chi connectivity index (χ2n) is 20.3. The van der Waals surface area contributed by atoms with Crippen molar-refractivity contribution in [3.05, 3.63) is 166 Å². The fourth-order valence-electron chi connectivity index (χ4n) is 9.09. The topological polar surface area (TPSA) is 50.9 Å². The molecular formula is C62H69N3O. The summed E-state index contributed by atoms with van der Waals surface area (Å²) >= 11 is 0. The Kier molecular flexibility index (Phi) is 10.7. The highest BCUT2D eigenvalue weighted by atomic mass is 16.3. The Morgan fingerprint density at radius 1 is 0.576 bits per heavy atom. The molecule has 2 heterocycles. The predicted octanol–water partition coefficient (Wildman–Crippen LogP) is 17.7. The van der Waals surface area contributed by atoms with Crippen molar-refractivity contribution in [2.45, 2.75) is 132 Å². The van der Waals surface area contributed by atoms with Crippen LogP contribution in [0.25, 0.3) is 72.7 Å². The van der Waals surface area contributed by atoms with Crippen LogP contribution in [0.1, 0.15) is 167 Å².